The van der Waals surface area contributed by atoms with Crippen LogP contribution >= 0.6 is 0 Å². The minimum Gasteiger partial charge on any atom is -0.452 e. The number of halogens is 3. The molecule has 3 aromatic carbocycles. The number of nitrogens with zero attached hydrogens (tertiary/aromatic N) is 4. The third kappa shape index (κ3) is 5.57. The van der Waals surface area contributed by atoms with E-state index in [1.165, 1.54) is 30.5 Å². The molecule has 1 aromatic heterocycles. The van der Waals surface area contributed by atoms with Gasteiger partial charge in [-0.2, -0.15) is 23.3 Å². The number of amides is 1. The van der Waals surface area contributed by atoms with E-state index in [9.17, 15) is 27.6 Å². The van der Waals surface area contributed by atoms with Crippen LogP contribution in [0.4, 0.5) is 18.9 Å². The number of fused-ring (bicyclic) bond motifs is 2. The molecule has 1 amide bonds. The van der Waals surface area contributed by atoms with Gasteiger partial charge in [0.05, 0.1) is 33.9 Å². The number of benzene rings is 3. The maximum atomic E-state index is 13.3. The van der Waals surface area contributed by atoms with Gasteiger partial charge in [0.15, 0.2) is 6.61 Å². The standard InChI is InChI=1S/C28H21F3N4O4/c29-28(30,31)20-8-4-9-21(15-20)35(32-16-18-6-2-1-3-7-18)25(36)17-39-27(38)19-11-12-22-23(14-19)33-24-10-5-13-34(24)26(22)37/h1-4,6-9,11-12,14-16H,5,10,13,17H2/b32-16-. The van der Waals surface area contributed by atoms with E-state index in [0.717, 1.165) is 29.6 Å². The number of anilines is 1. The van der Waals surface area contributed by atoms with Gasteiger partial charge >= 0.3 is 12.1 Å². The molecule has 0 N–H and O–H groups in total. The zero-order chi connectivity index (χ0) is 27.6. The molecule has 0 spiro atoms. The third-order valence-corrected chi connectivity index (χ3v) is 6.16. The zero-order valence-corrected chi connectivity index (χ0v) is 20.4. The average molecular weight is 534 g/mol. The number of carbonyl (C=O) groups excluding carboxylic acids is 2. The van der Waals surface area contributed by atoms with Crippen molar-refractivity contribution in [1.29, 1.82) is 0 Å². The molecule has 0 saturated heterocycles. The van der Waals surface area contributed by atoms with Crippen LogP contribution in [0.2, 0.25) is 0 Å². The van der Waals surface area contributed by atoms with E-state index >= 15 is 0 Å². The van der Waals surface area contributed by atoms with Crippen LogP contribution in [0.15, 0.2) is 82.7 Å². The second-order valence-electron chi connectivity index (χ2n) is 8.81. The summed E-state index contributed by atoms with van der Waals surface area (Å²) in [4.78, 5) is 42.9. The van der Waals surface area contributed by atoms with Crippen molar-refractivity contribution in [1.82, 2.24) is 9.55 Å². The van der Waals surface area contributed by atoms with E-state index in [4.69, 9.17) is 4.74 Å². The Morgan fingerprint density at radius 2 is 1.85 bits per heavy atom. The maximum absolute atomic E-state index is 13.3. The molecule has 8 nitrogen and oxygen atoms in total. The first-order valence-electron chi connectivity index (χ1n) is 12.0. The van der Waals surface area contributed by atoms with E-state index in [1.54, 1.807) is 34.9 Å². The first-order valence-corrected chi connectivity index (χ1v) is 12.0. The number of alkyl halides is 3. The summed E-state index contributed by atoms with van der Waals surface area (Å²) < 4.78 is 46.7. The Balaban J connectivity index is 1.37. The van der Waals surface area contributed by atoms with E-state index in [0.29, 0.717) is 35.3 Å². The molecular formula is C28H21F3N4O4. The summed E-state index contributed by atoms with van der Waals surface area (Å²) in [7, 11) is 0. The molecule has 11 heteroatoms. The Bertz CT molecular complexity index is 1650. The molecule has 4 aromatic rings. The molecule has 1 aliphatic rings. The van der Waals surface area contributed by atoms with Crippen LogP contribution in [0.3, 0.4) is 0 Å². The Labute approximate surface area is 220 Å². The number of rotatable bonds is 6. The molecule has 198 valence electrons. The number of esters is 1. The van der Waals surface area contributed by atoms with E-state index in [2.05, 4.69) is 10.1 Å². The van der Waals surface area contributed by atoms with Crippen molar-refractivity contribution < 1.29 is 27.5 Å². The highest BCUT2D eigenvalue weighted by molar-refractivity contribution is 5.99. The predicted octanol–water partition coefficient (Wildman–Crippen LogP) is 4.59. The van der Waals surface area contributed by atoms with Gasteiger partial charge in [-0.3, -0.25) is 14.2 Å². The van der Waals surface area contributed by atoms with Crippen molar-refractivity contribution >= 4 is 34.7 Å². The molecule has 0 radical (unpaired) electrons. The molecule has 2 heterocycles. The van der Waals surface area contributed by atoms with Gasteiger partial charge in [0.2, 0.25) is 0 Å². The van der Waals surface area contributed by atoms with Crippen LogP contribution in [0.1, 0.15) is 33.7 Å². The highest BCUT2D eigenvalue weighted by Gasteiger charge is 2.31. The van der Waals surface area contributed by atoms with E-state index in [1.807, 2.05) is 0 Å². The minimum atomic E-state index is -4.63. The minimum absolute atomic E-state index is 0.0727. The lowest BCUT2D eigenvalue weighted by molar-refractivity contribution is -0.137. The Kier molecular flexibility index (Phi) is 6.97. The van der Waals surface area contributed by atoms with Crippen LogP contribution in [-0.2, 0) is 28.7 Å². The van der Waals surface area contributed by atoms with Crippen LogP contribution in [0.5, 0.6) is 0 Å². The van der Waals surface area contributed by atoms with Gasteiger partial charge in [0, 0.05) is 13.0 Å². The Morgan fingerprint density at radius 3 is 2.62 bits per heavy atom. The van der Waals surface area contributed by atoms with Crippen LogP contribution in [-0.4, -0.2) is 34.2 Å². The topological polar surface area (TPSA) is 93.9 Å². The van der Waals surface area contributed by atoms with Gasteiger partial charge in [0.25, 0.3) is 11.5 Å². The lowest BCUT2D eigenvalue weighted by atomic mass is 10.1. The molecule has 0 aliphatic carbocycles. The summed E-state index contributed by atoms with van der Waals surface area (Å²) in [5, 5.41) is 5.19. The summed E-state index contributed by atoms with van der Waals surface area (Å²) in [6.07, 6.45) is -1.85. The summed E-state index contributed by atoms with van der Waals surface area (Å²) in [5.74, 6) is -1.09. The number of ether oxygens (including phenoxy) is 1. The number of aryl methyl sites for hydroxylation is 1. The van der Waals surface area contributed by atoms with E-state index in [-0.39, 0.29) is 16.8 Å². The molecule has 39 heavy (non-hydrogen) atoms. The molecule has 0 unspecified atom stereocenters. The van der Waals surface area contributed by atoms with Crippen LogP contribution < -0.4 is 10.6 Å². The summed E-state index contributed by atoms with van der Waals surface area (Å²) in [6.45, 7) is -0.197. The van der Waals surface area contributed by atoms with E-state index < -0.39 is 30.2 Å². The van der Waals surface area contributed by atoms with Crippen molar-refractivity contribution in [3.8, 4) is 0 Å². The first kappa shape index (κ1) is 25.8. The van der Waals surface area contributed by atoms with Crippen LogP contribution in [0.25, 0.3) is 10.9 Å². The van der Waals surface area contributed by atoms with Crippen molar-refractivity contribution in [2.45, 2.75) is 25.6 Å². The molecule has 1 aliphatic heterocycles. The number of carbonyl (C=O) groups is 2. The molecule has 0 atom stereocenters. The van der Waals surface area contributed by atoms with Gasteiger partial charge in [-0.25, -0.2) is 9.78 Å². The molecule has 0 fully saturated rings. The zero-order valence-electron chi connectivity index (χ0n) is 20.4. The van der Waals surface area contributed by atoms with Crippen molar-refractivity contribution in [3.63, 3.8) is 0 Å². The predicted molar refractivity (Wildman–Crippen MR) is 138 cm³/mol. The number of hydrogen-bond acceptors (Lipinski definition) is 6. The second-order valence-corrected chi connectivity index (χ2v) is 8.81. The number of hydrogen-bond donors (Lipinski definition) is 0. The average Bonchev–Trinajstić information content (AvgIpc) is 3.41. The van der Waals surface area contributed by atoms with Crippen molar-refractivity contribution in [2.75, 3.05) is 11.6 Å². The highest BCUT2D eigenvalue weighted by atomic mass is 19.4. The number of hydrazone groups is 1. The molecule has 0 saturated carbocycles. The quantitative estimate of drug-likeness (QED) is 0.205. The third-order valence-electron chi connectivity index (χ3n) is 6.16. The van der Waals surface area contributed by atoms with Crippen LogP contribution in [0, 0.1) is 0 Å². The van der Waals surface area contributed by atoms with Gasteiger partial charge < -0.3 is 4.74 Å². The van der Waals surface area contributed by atoms with Gasteiger partial charge in [-0.15, -0.1) is 0 Å². The number of aromatic nitrogens is 2. The smallest absolute Gasteiger partial charge is 0.416 e. The lowest BCUT2D eigenvalue weighted by Crippen LogP contribution is -2.31. The summed E-state index contributed by atoms with van der Waals surface area (Å²) in [5.41, 5.74) is -0.283. The fraction of sp³-hybridized carbons (Fsp3) is 0.179. The van der Waals surface area contributed by atoms with Gasteiger partial charge in [-0.05, 0) is 48.4 Å². The largest absolute Gasteiger partial charge is 0.452 e. The Morgan fingerprint density at radius 1 is 1.05 bits per heavy atom. The second kappa shape index (κ2) is 10.5. The monoisotopic (exact) mass is 534 g/mol. The van der Waals surface area contributed by atoms with Gasteiger partial charge in [-0.1, -0.05) is 36.4 Å². The summed E-state index contributed by atoms with van der Waals surface area (Å²) in [6, 6.07) is 17.1. The highest BCUT2D eigenvalue weighted by Crippen LogP contribution is 2.32. The van der Waals surface area contributed by atoms with Crippen molar-refractivity contribution in [2.24, 2.45) is 5.10 Å². The molecule has 5 rings (SSSR count). The molecule has 0 bridgehead atoms. The maximum Gasteiger partial charge on any atom is 0.416 e. The van der Waals surface area contributed by atoms with Crippen molar-refractivity contribution in [3.05, 3.63) is 106 Å². The van der Waals surface area contributed by atoms with Gasteiger partial charge in [0.1, 0.15) is 5.82 Å². The summed E-state index contributed by atoms with van der Waals surface area (Å²) >= 11 is 0. The first-order chi connectivity index (χ1) is 18.7. The Hall–Kier alpha value is -4.80. The lowest BCUT2D eigenvalue weighted by Gasteiger charge is -2.18. The SMILES string of the molecule is O=C(OCC(=O)N(/N=C\c1ccccc1)c1cccc(C(F)(F)F)c1)c1ccc2c(=O)n3c(nc2c1)CCC3. The normalized spacial score (nSPS) is 13.0. The fourth-order valence-electron chi connectivity index (χ4n) is 4.24. The fourth-order valence-corrected chi connectivity index (χ4v) is 4.24. The molecular weight excluding hydrogens is 513 g/mol.